The molecule has 9 heteroatoms. The van der Waals surface area contributed by atoms with E-state index in [9.17, 15) is 19.7 Å². The first-order valence-electron chi connectivity index (χ1n) is 10.0. The van der Waals surface area contributed by atoms with Crippen LogP contribution in [0.15, 0.2) is 84.0 Å². The van der Waals surface area contributed by atoms with Gasteiger partial charge >= 0.3 is 0 Å². The number of hydrazone groups is 1. The summed E-state index contributed by atoms with van der Waals surface area (Å²) in [5.74, 6) is 0.286. The molecule has 3 aromatic carbocycles. The van der Waals surface area contributed by atoms with Crippen LogP contribution in [0.3, 0.4) is 0 Å². The molecule has 33 heavy (non-hydrogen) atoms. The van der Waals surface area contributed by atoms with Gasteiger partial charge in [-0.15, -0.1) is 11.8 Å². The number of anilines is 1. The summed E-state index contributed by atoms with van der Waals surface area (Å²) in [5.41, 5.74) is 6.01. The van der Waals surface area contributed by atoms with Gasteiger partial charge in [-0.05, 0) is 42.3 Å². The second-order valence-corrected chi connectivity index (χ2v) is 8.04. The second-order valence-electron chi connectivity index (χ2n) is 7.05. The van der Waals surface area contributed by atoms with Crippen molar-refractivity contribution in [3.05, 3.63) is 106 Å². The molecule has 0 aliphatic rings. The number of benzene rings is 3. The number of rotatable bonds is 9. The molecule has 0 radical (unpaired) electrons. The number of nitrogens with zero attached hydrogens (tertiary/aromatic N) is 2. The van der Waals surface area contributed by atoms with Gasteiger partial charge in [0.05, 0.1) is 16.4 Å². The summed E-state index contributed by atoms with van der Waals surface area (Å²) in [7, 11) is 0. The molecule has 3 rings (SSSR count). The molecular weight excluding hydrogens is 440 g/mol. The van der Waals surface area contributed by atoms with E-state index in [0.717, 1.165) is 11.1 Å². The zero-order chi connectivity index (χ0) is 23.6. The maximum Gasteiger partial charge on any atom is 0.269 e. The average Bonchev–Trinajstić information content (AvgIpc) is 2.83. The normalized spacial score (nSPS) is 11.0. The summed E-state index contributed by atoms with van der Waals surface area (Å²) in [6.07, 6.45) is 0. The summed E-state index contributed by atoms with van der Waals surface area (Å²) in [6, 6.07) is 22.4. The Kier molecular flexibility index (Phi) is 8.31. The van der Waals surface area contributed by atoms with Gasteiger partial charge in [0.15, 0.2) is 0 Å². The fourth-order valence-electron chi connectivity index (χ4n) is 2.83. The molecule has 0 unspecified atom stereocenters. The Balaban J connectivity index is 1.49. The van der Waals surface area contributed by atoms with Crippen LogP contribution in [0.25, 0.3) is 0 Å². The van der Waals surface area contributed by atoms with Gasteiger partial charge in [0.1, 0.15) is 0 Å². The third-order valence-electron chi connectivity index (χ3n) is 4.57. The minimum Gasteiger partial charge on any atom is -0.322 e. The van der Waals surface area contributed by atoms with Gasteiger partial charge in [0.25, 0.3) is 11.6 Å². The van der Waals surface area contributed by atoms with Crippen LogP contribution in [0.4, 0.5) is 11.4 Å². The number of nitro groups is 1. The average molecular weight is 463 g/mol. The minimum absolute atomic E-state index is 0.0370. The van der Waals surface area contributed by atoms with Crippen molar-refractivity contribution in [3.8, 4) is 0 Å². The molecule has 0 saturated carbocycles. The van der Waals surface area contributed by atoms with Crippen molar-refractivity contribution < 1.29 is 14.5 Å². The fraction of sp³-hybridized carbons (Fsp3) is 0.125. The number of amides is 2. The number of nitro benzene ring substituents is 1. The molecule has 0 spiro atoms. The van der Waals surface area contributed by atoms with Crippen molar-refractivity contribution in [1.82, 2.24) is 5.43 Å². The highest BCUT2D eigenvalue weighted by atomic mass is 32.2. The molecule has 0 atom stereocenters. The van der Waals surface area contributed by atoms with E-state index in [2.05, 4.69) is 15.8 Å². The van der Waals surface area contributed by atoms with Crippen molar-refractivity contribution in [2.75, 3.05) is 11.1 Å². The van der Waals surface area contributed by atoms with Crippen LogP contribution in [0.1, 0.15) is 28.4 Å². The zero-order valence-electron chi connectivity index (χ0n) is 17.9. The zero-order valence-corrected chi connectivity index (χ0v) is 18.7. The highest BCUT2D eigenvalue weighted by Gasteiger charge is 2.08. The van der Waals surface area contributed by atoms with Crippen LogP contribution in [-0.4, -0.2) is 28.2 Å². The lowest BCUT2D eigenvalue weighted by molar-refractivity contribution is -0.384. The third-order valence-corrected chi connectivity index (χ3v) is 5.58. The van der Waals surface area contributed by atoms with Gasteiger partial charge in [-0.3, -0.25) is 19.7 Å². The first-order valence-corrected chi connectivity index (χ1v) is 11.2. The standard InChI is InChI=1S/C24H22N4O4S/c1-17(20-8-5-9-21(14-20)25-24(30)19-6-3-2-4-7-19)26-27-23(29)16-33-15-18-10-12-22(13-11-18)28(31)32/h2-14H,15-16H2,1H3,(H,25,30)(H,27,29)/b26-17-. The number of nitrogens with one attached hydrogen (secondary N) is 2. The van der Waals surface area contributed by atoms with Crippen LogP contribution in [0, 0.1) is 10.1 Å². The summed E-state index contributed by atoms with van der Waals surface area (Å²) < 4.78 is 0. The van der Waals surface area contributed by atoms with Crippen molar-refractivity contribution in [3.63, 3.8) is 0 Å². The lowest BCUT2D eigenvalue weighted by atomic mass is 10.1. The quantitative estimate of drug-likeness (QED) is 0.274. The van der Waals surface area contributed by atoms with E-state index in [1.807, 2.05) is 12.1 Å². The number of carbonyl (C=O) groups is 2. The molecule has 0 fully saturated rings. The molecule has 168 valence electrons. The van der Waals surface area contributed by atoms with Gasteiger partial charge in [0, 0.05) is 29.1 Å². The number of carbonyl (C=O) groups excluding carboxylic acids is 2. The number of hydrogen-bond donors (Lipinski definition) is 2. The number of hydrogen-bond acceptors (Lipinski definition) is 6. The topological polar surface area (TPSA) is 114 Å². The highest BCUT2D eigenvalue weighted by Crippen LogP contribution is 2.17. The summed E-state index contributed by atoms with van der Waals surface area (Å²) in [4.78, 5) is 34.7. The SMILES string of the molecule is C/C(=N/NC(=O)CSCc1ccc([N+](=O)[O-])cc1)c1cccc(NC(=O)c2ccccc2)c1. The van der Waals surface area contributed by atoms with E-state index in [1.54, 1.807) is 61.5 Å². The van der Waals surface area contributed by atoms with Crippen LogP contribution in [-0.2, 0) is 10.5 Å². The molecule has 0 aromatic heterocycles. The van der Waals surface area contributed by atoms with Gasteiger partial charge in [0.2, 0.25) is 5.91 Å². The van der Waals surface area contributed by atoms with Crippen LogP contribution in [0.5, 0.6) is 0 Å². The molecule has 8 nitrogen and oxygen atoms in total. The molecule has 0 saturated heterocycles. The fourth-order valence-corrected chi connectivity index (χ4v) is 3.61. The molecule has 0 aliphatic carbocycles. The lowest BCUT2D eigenvalue weighted by Gasteiger charge is -2.08. The van der Waals surface area contributed by atoms with E-state index in [1.165, 1.54) is 23.9 Å². The molecule has 2 N–H and O–H groups in total. The first kappa shape index (κ1) is 23.7. The smallest absolute Gasteiger partial charge is 0.269 e. The molecule has 2 amide bonds. The van der Waals surface area contributed by atoms with E-state index < -0.39 is 4.92 Å². The molecule has 0 aliphatic heterocycles. The Labute approximate surface area is 195 Å². The van der Waals surface area contributed by atoms with Crippen molar-refractivity contribution in [2.24, 2.45) is 5.10 Å². The monoisotopic (exact) mass is 462 g/mol. The Morgan fingerprint density at radius 3 is 2.36 bits per heavy atom. The highest BCUT2D eigenvalue weighted by molar-refractivity contribution is 7.99. The molecule has 3 aromatic rings. The van der Waals surface area contributed by atoms with E-state index in [0.29, 0.717) is 22.7 Å². The second kappa shape index (κ2) is 11.6. The summed E-state index contributed by atoms with van der Waals surface area (Å²) in [5, 5.41) is 17.7. The van der Waals surface area contributed by atoms with Crippen LogP contribution < -0.4 is 10.7 Å². The van der Waals surface area contributed by atoms with E-state index in [-0.39, 0.29) is 23.3 Å². The maximum absolute atomic E-state index is 12.3. The summed E-state index contributed by atoms with van der Waals surface area (Å²) in [6.45, 7) is 1.77. The molecular formula is C24H22N4O4S. The van der Waals surface area contributed by atoms with Crippen LogP contribution >= 0.6 is 11.8 Å². The van der Waals surface area contributed by atoms with E-state index in [4.69, 9.17) is 0 Å². The summed E-state index contributed by atoms with van der Waals surface area (Å²) >= 11 is 1.38. The Bertz CT molecular complexity index is 1160. The maximum atomic E-state index is 12.3. The van der Waals surface area contributed by atoms with E-state index >= 15 is 0 Å². The molecule has 0 bridgehead atoms. The molecule has 0 heterocycles. The number of non-ortho nitro benzene ring substituents is 1. The van der Waals surface area contributed by atoms with Gasteiger partial charge in [-0.1, -0.05) is 42.5 Å². The third kappa shape index (κ3) is 7.29. The van der Waals surface area contributed by atoms with Gasteiger partial charge in [-0.25, -0.2) is 5.43 Å². The Morgan fingerprint density at radius 2 is 1.67 bits per heavy atom. The Hall–Kier alpha value is -3.98. The van der Waals surface area contributed by atoms with Crippen molar-refractivity contribution >= 4 is 40.7 Å². The lowest BCUT2D eigenvalue weighted by Crippen LogP contribution is -2.21. The largest absolute Gasteiger partial charge is 0.322 e. The van der Waals surface area contributed by atoms with Crippen molar-refractivity contribution in [2.45, 2.75) is 12.7 Å². The van der Waals surface area contributed by atoms with Gasteiger partial charge in [-0.2, -0.15) is 5.10 Å². The minimum atomic E-state index is -0.447. The van der Waals surface area contributed by atoms with Gasteiger partial charge < -0.3 is 5.32 Å². The van der Waals surface area contributed by atoms with Crippen molar-refractivity contribution in [1.29, 1.82) is 0 Å². The predicted octanol–water partition coefficient (Wildman–Crippen LogP) is 4.62. The first-order chi connectivity index (χ1) is 15.9. The van der Waals surface area contributed by atoms with Crippen LogP contribution in [0.2, 0.25) is 0 Å². The Morgan fingerprint density at radius 1 is 0.970 bits per heavy atom. The predicted molar refractivity (Wildman–Crippen MR) is 130 cm³/mol. The number of thioether (sulfide) groups is 1.